The Hall–Kier alpha value is -1.26. The minimum atomic E-state index is -0.120. The zero-order valence-corrected chi connectivity index (χ0v) is 14.7. The molecular formula is C18H27ClN2O2. The predicted molar refractivity (Wildman–Crippen MR) is 93.9 cm³/mol. The number of benzene rings is 1. The molecule has 1 aromatic rings. The van der Waals surface area contributed by atoms with Crippen molar-refractivity contribution in [1.82, 2.24) is 10.6 Å². The molecule has 1 heterocycles. The molecule has 1 aliphatic heterocycles. The van der Waals surface area contributed by atoms with E-state index in [9.17, 15) is 4.79 Å². The number of carbonyl (C=O) groups excluding carboxylic acids is 1. The van der Waals surface area contributed by atoms with Gasteiger partial charge in [-0.25, -0.2) is 0 Å². The van der Waals surface area contributed by atoms with Crippen LogP contribution in [0.5, 0.6) is 5.75 Å². The molecule has 128 valence electrons. The van der Waals surface area contributed by atoms with E-state index >= 15 is 0 Å². The predicted octanol–water partition coefficient (Wildman–Crippen LogP) is 3.25. The maximum absolute atomic E-state index is 12.1. The number of amides is 1. The van der Waals surface area contributed by atoms with Crippen LogP contribution in [0.1, 0.15) is 33.1 Å². The Morgan fingerprint density at radius 1 is 1.43 bits per heavy atom. The van der Waals surface area contributed by atoms with Gasteiger partial charge in [-0.05, 0) is 56.8 Å². The number of hydrogen-bond acceptors (Lipinski definition) is 3. The Morgan fingerprint density at radius 2 is 2.22 bits per heavy atom. The van der Waals surface area contributed by atoms with Gasteiger partial charge in [0.1, 0.15) is 11.9 Å². The number of para-hydroxylation sites is 1. The molecule has 0 radical (unpaired) electrons. The van der Waals surface area contributed by atoms with Gasteiger partial charge in [0.2, 0.25) is 5.91 Å². The van der Waals surface area contributed by atoms with Crippen LogP contribution < -0.4 is 15.4 Å². The first-order valence-corrected chi connectivity index (χ1v) is 8.82. The number of rotatable bonds is 7. The van der Waals surface area contributed by atoms with Crippen LogP contribution in [0.15, 0.2) is 24.3 Å². The van der Waals surface area contributed by atoms with E-state index in [4.69, 9.17) is 16.3 Å². The first-order valence-electron chi connectivity index (χ1n) is 8.45. The molecule has 4 nitrogen and oxygen atoms in total. The smallest absolute Gasteiger partial charge is 0.220 e. The van der Waals surface area contributed by atoms with Crippen LogP contribution in [0.25, 0.3) is 0 Å². The SMILES string of the molecule is CC(CNC(=O)CC(C)C1CCCNC1)Oc1ccccc1Cl. The quantitative estimate of drug-likeness (QED) is 0.802. The van der Waals surface area contributed by atoms with Gasteiger partial charge in [-0.15, -0.1) is 0 Å². The van der Waals surface area contributed by atoms with Crippen LogP contribution in [0, 0.1) is 11.8 Å². The Bertz CT molecular complexity index is 504. The lowest BCUT2D eigenvalue weighted by Gasteiger charge is -2.28. The zero-order valence-electron chi connectivity index (χ0n) is 14.0. The van der Waals surface area contributed by atoms with Gasteiger partial charge in [0.15, 0.2) is 0 Å². The van der Waals surface area contributed by atoms with Crippen molar-refractivity contribution in [1.29, 1.82) is 0 Å². The lowest BCUT2D eigenvalue weighted by molar-refractivity contribution is -0.122. The maximum Gasteiger partial charge on any atom is 0.220 e. The van der Waals surface area contributed by atoms with E-state index in [-0.39, 0.29) is 12.0 Å². The molecule has 2 N–H and O–H groups in total. The summed E-state index contributed by atoms with van der Waals surface area (Å²) in [6.07, 6.45) is 2.88. The number of halogens is 1. The third-order valence-electron chi connectivity index (χ3n) is 4.40. The second kappa shape index (κ2) is 9.14. The minimum Gasteiger partial charge on any atom is -0.487 e. The zero-order chi connectivity index (χ0) is 16.7. The van der Waals surface area contributed by atoms with E-state index in [1.54, 1.807) is 6.07 Å². The lowest BCUT2D eigenvalue weighted by Crippen LogP contribution is -2.37. The average molecular weight is 339 g/mol. The van der Waals surface area contributed by atoms with Gasteiger partial charge in [-0.2, -0.15) is 0 Å². The molecule has 5 heteroatoms. The molecule has 0 aromatic heterocycles. The number of nitrogens with one attached hydrogen (secondary N) is 2. The molecule has 0 aliphatic carbocycles. The van der Waals surface area contributed by atoms with Crippen LogP contribution in [-0.4, -0.2) is 31.6 Å². The van der Waals surface area contributed by atoms with Gasteiger partial charge >= 0.3 is 0 Å². The molecule has 0 saturated carbocycles. The van der Waals surface area contributed by atoms with Gasteiger partial charge in [0, 0.05) is 6.42 Å². The molecule has 3 unspecified atom stereocenters. The molecule has 1 aromatic carbocycles. The summed E-state index contributed by atoms with van der Waals surface area (Å²) < 4.78 is 5.76. The second-order valence-corrected chi connectivity index (χ2v) is 6.86. The number of carbonyl (C=O) groups is 1. The maximum atomic E-state index is 12.1. The molecule has 2 rings (SSSR count). The van der Waals surface area contributed by atoms with Crippen molar-refractivity contribution in [3.8, 4) is 5.75 Å². The normalized spacial score (nSPS) is 20.6. The molecule has 0 spiro atoms. The van der Waals surface area contributed by atoms with Crippen molar-refractivity contribution in [2.45, 2.75) is 39.2 Å². The Morgan fingerprint density at radius 3 is 2.91 bits per heavy atom. The standard InChI is InChI=1S/C18H27ClN2O2/c1-13(15-6-5-9-20-12-15)10-18(22)21-11-14(2)23-17-8-4-3-7-16(17)19/h3-4,7-8,13-15,20H,5-6,9-12H2,1-2H3,(H,21,22). The fourth-order valence-corrected chi connectivity index (χ4v) is 3.13. The van der Waals surface area contributed by atoms with Gasteiger partial charge in [0.05, 0.1) is 11.6 Å². The molecule has 1 fully saturated rings. The van der Waals surface area contributed by atoms with Crippen molar-refractivity contribution in [3.63, 3.8) is 0 Å². The highest BCUT2D eigenvalue weighted by atomic mass is 35.5. The molecule has 0 bridgehead atoms. The topological polar surface area (TPSA) is 50.4 Å². The van der Waals surface area contributed by atoms with Crippen molar-refractivity contribution < 1.29 is 9.53 Å². The van der Waals surface area contributed by atoms with E-state index < -0.39 is 0 Å². The van der Waals surface area contributed by atoms with E-state index in [1.807, 2.05) is 25.1 Å². The number of hydrogen-bond donors (Lipinski definition) is 2. The first-order chi connectivity index (χ1) is 11.1. The van der Waals surface area contributed by atoms with Crippen molar-refractivity contribution in [2.24, 2.45) is 11.8 Å². The summed E-state index contributed by atoms with van der Waals surface area (Å²) in [4.78, 5) is 12.1. The molecule has 3 atom stereocenters. The van der Waals surface area contributed by atoms with E-state index in [0.29, 0.717) is 35.6 Å². The highest BCUT2D eigenvalue weighted by Gasteiger charge is 2.22. The molecule has 1 aliphatic rings. The van der Waals surface area contributed by atoms with Crippen LogP contribution in [0.3, 0.4) is 0 Å². The summed E-state index contributed by atoms with van der Waals surface area (Å²) in [5.74, 6) is 1.75. The van der Waals surface area contributed by atoms with E-state index in [0.717, 1.165) is 13.1 Å². The monoisotopic (exact) mass is 338 g/mol. The average Bonchev–Trinajstić information content (AvgIpc) is 2.56. The van der Waals surface area contributed by atoms with Crippen LogP contribution in [0.2, 0.25) is 5.02 Å². The van der Waals surface area contributed by atoms with E-state index in [2.05, 4.69) is 17.6 Å². The van der Waals surface area contributed by atoms with Crippen molar-refractivity contribution in [2.75, 3.05) is 19.6 Å². The van der Waals surface area contributed by atoms with Crippen LogP contribution in [0.4, 0.5) is 0 Å². The summed E-state index contributed by atoms with van der Waals surface area (Å²) in [5, 5.41) is 6.96. The highest BCUT2D eigenvalue weighted by molar-refractivity contribution is 6.32. The summed E-state index contributed by atoms with van der Waals surface area (Å²) in [5.41, 5.74) is 0. The number of piperidine rings is 1. The molecular weight excluding hydrogens is 312 g/mol. The fraction of sp³-hybridized carbons (Fsp3) is 0.611. The third-order valence-corrected chi connectivity index (χ3v) is 4.71. The fourth-order valence-electron chi connectivity index (χ4n) is 2.95. The van der Waals surface area contributed by atoms with E-state index in [1.165, 1.54) is 12.8 Å². The van der Waals surface area contributed by atoms with Crippen LogP contribution in [-0.2, 0) is 4.79 Å². The Kier molecular flexibility index (Phi) is 7.18. The second-order valence-electron chi connectivity index (χ2n) is 6.45. The summed E-state index contributed by atoms with van der Waals surface area (Å²) >= 11 is 6.07. The molecule has 23 heavy (non-hydrogen) atoms. The Balaban J connectivity index is 1.70. The number of ether oxygens (including phenoxy) is 1. The summed E-state index contributed by atoms with van der Waals surface area (Å²) in [6, 6.07) is 7.37. The largest absolute Gasteiger partial charge is 0.487 e. The lowest BCUT2D eigenvalue weighted by atomic mass is 9.85. The van der Waals surface area contributed by atoms with Gasteiger partial charge in [-0.3, -0.25) is 4.79 Å². The van der Waals surface area contributed by atoms with Crippen LogP contribution >= 0.6 is 11.6 Å². The summed E-state index contributed by atoms with van der Waals surface area (Å²) in [7, 11) is 0. The molecule has 1 saturated heterocycles. The highest BCUT2D eigenvalue weighted by Crippen LogP contribution is 2.24. The first kappa shape index (κ1) is 18.1. The van der Waals surface area contributed by atoms with Crippen molar-refractivity contribution >= 4 is 17.5 Å². The summed E-state index contributed by atoms with van der Waals surface area (Å²) in [6.45, 7) is 6.71. The van der Waals surface area contributed by atoms with Crippen molar-refractivity contribution in [3.05, 3.63) is 29.3 Å². The third kappa shape index (κ3) is 6.04. The van der Waals surface area contributed by atoms with Gasteiger partial charge < -0.3 is 15.4 Å². The van der Waals surface area contributed by atoms with Gasteiger partial charge in [-0.1, -0.05) is 30.7 Å². The molecule has 1 amide bonds. The minimum absolute atomic E-state index is 0.0951. The Labute approximate surface area is 143 Å². The van der Waals surface area contributed by atoms with Gasteiger partial charge in [0.25, 0.3) is 0 Å².